The molecule has 0 aliphatic heterocycles. The van der Waals surface area contributed by atoms with E-state index < -0.39 is 0 Å². The molecule has 0 aromatic heterocycles. The Hall–Kier alpha value is -0.540. The third-order valence-corrected chi connectivity index (χ3v) is 2.50. The molecule has 0 bridgehead atoms. The first kappa shape index (κ1) is 9.55. The molecule has 1 N–H and O–H groups in total. The van der Waals surface area contributed by atoms with Gasteiger partial charge >= 0.3 is 0 Å². The summed E-state index contributed by atoms with van der Waals surface area (Å²) in [5, 5.41) is 3.01. The average Bonchev–Trinajstić information content (AvgIpc) is 2.09. The van der Waals surface area contributed by atoms with Crippen molar-refractivity contribution in [2.75, 3.05) is 19.3 Å². The first-order valence-electron chi connectivity index (χ1n) is 3.86. The van der Waals surface area contributed by atoms with Crippen molar-refractivity contribution in [1.29, 1.82) is 0 Å². The van der Waals surface area contributed by atoms with Crippen LogP contribution in [0.2, 0.25) is 0 Å². The van der Waals surface area contributed by atoms with Crippen molar-refractivity contribution >= 4 is 11.8 Å². The minimum absolute atomic E-state index is 0.126. The topological polar surface area (TPSA) is 12.0 Å². The first-order valence-corrected chi connectivity index (χ1v) is 4.85. The van der Waals surface area contributed by atoms with Gasteiger partial charge in [0.05, 0.1) is 0 Å². The fourth-order valence-corrected chi connectivity index (χ4v) is 1.73. The molecule has 12 heavy (non-hydrogen) atoms. The van der Waals surface area contributed by atoms with E-state index in [1.54, 1.807) is 12.1 Å². The van der Waals surface area contributed by atoms with Crippen LogP contribution in [0.4, 0.5) is 4.39 Å². The van der Waals surface area contributed by atoms with Crippen LogP contribution in [0.25, 0.3) is 0 Å². The lowest BCUT2D eigenvalue weighted by Gasteiger charge is -2.01. The maximum Gasteiger partial charge on any atom is 0.136 e. The largest absolute Gasteiger partial charge is 0.319 e. The molecule has 0 aliphatic rings. The summed E-state index contributed by atoms with van der Waals surface area (Å²) < 4.78 is 13.0. The molecule has 0 heterocycles. The van der Waals surface area contributed by atoms with E-state index in [2.05, 4.69) is 5.32 Å². The number of benzene rings is 1. The van der Waals surface area contributed by atoms with Crippen molar-refractivity contribution in [1.82, 2.24) is 5.32 Å². The van der Waals surface area contributed by atoms with Gasteiger partial charge in [-0.25, -0.2) is 4.39 Å². The van der Waals surface area contributed by atoms with Crippen LogP contribution in [0.15, 0.2) is 29.2 Å². The standard InChI is InChI=1S/C9H12FNS/c1-11-6-7-12-9-5-3-2-4-8(9)10/h2-5,11H,6-7H2,1H3. The fraction of sp³-hybridized carbons (Fsp3) is 0.333. The van der Waals surface area contributed by atoms with Crippen LogP contribution in [-0.2, 0) is 0 Å². The molecule has 0 amide bonds. The molecule has 1 aromatic rings. The summed E-state index contributed by atoms with van der Waals surface area (Å²) in [6, 6.07) is 6.85. The Kier molecular flexibility index (Phi) is 4.11. The number of halogens is 1. The van der Waals surface area contributed by atoms with Gasteiger partial charge in [-0.15, -0.1) is 11.8 Å². The predicted molar refractivity (Wildman–Crippen MR) is 51.1 cm³/mol. The molecular formula is C9H12FNS. The Balaban J connectivity index is 2.46. The third-order valence-electron chi connectivity index (χ3n) is 1.45. The Morgan fingerprint density at radius 1 is 1.42 bits per heavy atom. The molecular weight excluding hydrogens is 173 g/mol. The molecule has 1 nitrogen and oxygen atoms in total. The zero-order chi connectivity index (χ0) is 8.81. The molecule has 0 saturated heterocycles. The van der Waals surface area contributed by atoms with E-state index in [1.165, 1.54) is 17.8 Å². The number of rotatable bonds is 4. The van der Waals surface area contributed by atoms with Crippen molar-refractivity contribution in [3.63, 3.8) is 0 Å². The number of hydrogen-bond donors (Lipinski definition) is 1. The smallest absolute Gasteiger partial charge is 0.136 e. The van der Waals surface area contributed by atoms with Crippen molar-refractivity contribution in [2.24, 2.45) is 0 Å². The second-order valence-electron chi connectivity index (χ2n) is 2.38. The normalized spacial score (nSPS) is 10.2. The minimum atomic E-state index is -0.126. The van der Waals surface area contributed by atoms with Gasteiger partial charge in [0, 0.05) is 17.2 Å². The second kappa shape index (κ2) is 5.17. The number of thioether (sulfide) groups is 1. The maximum absolute atomic E-state index is 13.0. The Morgan fingerprint density at radius 3 is 2.83 bits per heavy atom. The summed E-state index contributed by atoms with van der Waals surface area (Å²) in [4.78, 5) is 0.729. The lowest BCUT2D eigenvalue weighted by Crippen LogP contribution is -2.09. The molecule has 0 radical (unpaired) electrons. The molecule has 0 fully saturated rings. The third kappa shape index (κ3) is 2.83. The molecule has 0 unspecified atom stereocenters. The Morgan fingerprint density at radius 2 is 2.17 bits per heavy atom. The summed E-state index contributed by atoms with van der Waals surface area (Å²) in [6.07, 6.45) is 0. The van der Waals surface area contributed by atoms with Gasteiger partial charge in [0.1, 0.15) is 5.82 Å². The molecule has 0 atom stereocenters. The Bertz CT molecular complexity index is 240. The van der Waals surface area contributed by atoms with Gasteiger partial charge in [-0.1, -0.05) is 12.1 Å². The van der Waals surface area contributed by atoms with Gasteiger partial charge in [-0.3, -0.25) is 0 Å². The highest BCUT2D eigenvalue weighted by Crippen LogP contribution is 2.20. The lowest BCUT2D eigenvalue weighted by molar-refractivity contribution is 0.602. The highest BCUT2D eigenvalue weighted by atomic mass is 32.2. The SMILES string of the molecule is CNCCSc1ccccc1F. The van der Waals surface area contributed by atoms with Crippen molar-refractivity contribution in [2.45, 2.75) is 4.90 Å². The molecule has 66 valence electrons. The highest BCUT2D eigenvalue weighted by Gasteiger charge is 1.98. The number of hydrogen-bond acceptors (Lipinski definition) is 2. The molecule has 0 aliphatic carbocycles. The fourth-order valence-electron chi connectivity index (χ4n) is 0.825. The van der Waals surface area contributed by atoms with Crippen LogP contribution >= 0.6 is 11.8 Å². The summed E-state index contributed by atoms with van der Waals surface area (Å²) >= 11 is 1.53. The molecule has 0 saturated carbocycles. The lowest BCUT2D eigenvalue weighted by atomic mass is 10.3. The van der Waals surface area contributed by atoms with Gasteiger partial charge in [0.15, 0.2) is 0 Å². The summed E-state index contributed by atoms with van der Waals surface area (Å²) in [5.41, 5.74) is 0. The van der Waals surface area contributed by atoms with Crippen molar-refractivity contribution in [3.8, 4) is 0 Å². The predicted octanol–water partition coefficient (Wildman–Crippen LogP) is 2.14. The summed E-state index contributed by atoms with van der Waals surface area (Å²) in [6.45, 7) is 0.902. The first-order chi connectivity index (χ1) is 5.84. The van der Waals surface area contributed by atoms with E-state index in [-0.39, 0.29) is 5.82 Å². The maximum atomic E-state index is 13.0. The van der Waals surface area contributed by atoms with Crippen LogP contribution in [-0.4, -0.2) is 19.3 Å². The summed E-state index contributed by atoms with van der Waals surface area (Å²) in [7, 11) is 1.89. The Labute approximate surface area is 76.4 Å². The van der Waals surface area contributed by atoms with E-state index in [1.807, 2.05) is 13.1 Å². The molecule has 3 heteroatoms. The van der Waals surface area contributed by atoms with E-state index in [0.717, 1.165) is 17.2 Å². The van der Waals surface area contributed by atoms with Crippen molar-refractivity contribution < 1.29 is 4.39 Å². The average molecular weight is 185 g/mol. The minimum Gasteiger partial charge on any atom is -0.319 e. The number of nitrogens with one attached hydrogen (secondary N) is 1. The van der Waals surface area contributed by atoms with E-state index >= 15 is 0 Å². The van der Waals surface area contributed by atoms with Crippen LogP contribution < -0.4 is 5.32 Å². The second-order valence-corrected chi connectivity index (χ2v) is 3.52. The van der Waals surface area contributed by atoms with Crippen LogP contribution in [0, 0.1) is 5.82 Å². The van der Waals surface area contributed by atoms with E-state index in [0.29, 0.717) is 0 Å². The van der Waals surface area contributed by atoms with Gasteiger partial charge in [0.25, 0.3) is 0 Å². The van der Waals surface area contributed by atoms with Crippen molar-refractivity contribution in [3.05, 3.63) is 30.1 Å². The van der Waals surface area contributed by atoms with Crippen LogP contribution in [0.5, 0.6) is 0 Å². The van der Waals surface area contributed by atoms with E-state index in [9.17, 15) is 4.39 Å². The molecule has 0 spiro atoms. The molecule has 1 rings (SSSR count). The van der Waals surface area contributed by atoms with Gasteiger partial charge in [-0.05, 0) is 19.2 Å². The quantitative estimate of drug-likeness (QED) is 0.569. The van der Waals surface area contributed by atoms with E-state index in [4.69, 9.17) is 0 Å². The van der Waals surface area contributed by atoms with Gasteiger partial charge in [-0.2, -0.15) is 0 Å². The highest BCUT2D eigenvalue weighted by molar-refractivity contribution is 7.99. The van der Waals surface area contributed by atoms with Crippen LogP contribution in [0.1, 0.15) is 0 Å². The van der Waals surface area contributed by atoms with Crippen LogP contribution in [0.3, 0.4) is 0 Å². The molecule has 1 aromatic carbocycles. The van der Waals surface area contributed by atoms with Gasteiger partial charge in [0.2, 0.25) is 0 Å². The zero-order valence-electron chi connectivity index (χ0n) is 7.01. The monoisotopic (exact) mass is 185 g/mol. The zero-order valence-corrected chi connectivity index (χ0v) is 7.83. The summed E-state index contributed by atoms with van der Waals surface area (Å²) in [5.74, 6) is 0.774. The van der Waals surface area contributed by atoms with Gasteiger partial charge < -0.3 is 5.32 Å².